The minimum Gasteiger partial charge on any atom is -0.481 e. The van der Waals surface area contributed by atoms with Crippen LogP contribution in [0.2, 0.25) is 0 Å². The number of halogens is 2. The van der Waals surface area contributed by atoms with Crippen molar-refractivity contribution in [1.29, 1.82) is 0 Å². The van der Waals surface area contributed by atoms with E-state index in [1.807, 2.05) is 0 Å². The Morgan fingerprint density at radius 3 is 2.75 bits per heavy atom. The van der Waals surface area contributed by atoms with Gasteiger partial charge in [-0.1, -0.05) is 15.9 Å². The number of carboxylic acid groups (broad SMARTS) is 1. The maximum atomic E-state index is 13.8. The summed E-state index contributed by atoms with van der Waals surface area (Å²) in [6, 6.07) is 4.23. The van der Waals surface area contributed by atoms with Crippen LogP contribution in [0.5, 0.6) is 0 Å². The summed E-state index contributed by atoms with van der Waals surface area (Å²) >= 11 is 3.14. The second-order valence-corrected chi connectivity index (χ2v) is 6.24. The standard InChI is InChI=1S/C14H15BrFNO3/c1-14(13(19)20)5-2-6-17(8-14)12(18)10-4-3-9(15)7-11(10)16/h3-4,7H,2,5-6,8H2,1H3,(H,19,20). The number of carbonyl (C=O) groups excluding carboxylic acids is 1. The molecule has 108 valence electrons. The summed E-state index contributed by atoms with van der Waals surface area (Å²) in [5.41, 5.74) is -0.984. The van der Waals surface area contributed by atoms with Crippen LogP contribution < -0.4 is 0 Å². The van der Waals surface area contributed by atoms with Gasteiger partial charge >= 0.3 is 5.97 Å². The van der Waals surface area contributed by atoms with Crippen molar-refractivity contribution in [3.8, 4) is 0 Å². The van der Waals surface area contributed by atoms with E-state index in [4.69, 9.17) is 0 Å². The van der Waals surface area contributed by atoms with Crippen molar-refractivity contribution in [1.82, 2.24) is 4.90 Å². The number of likely N-dealkylation sites (tertiary alicyclic amines) is 1. The Balaban J connectivity index is 2.23. The van der Waals surface area contributed by atoms with Gasteiger partial charge in [-0.05, 0) is 38.0 Å². The van der Waals surface area contributed by atoms with Crippen LogP contribution in [0.1, 0.15) is 30.1 Å². The van der Waals surface area contributed by atoms with E-state index < -0.39 is 23.1 Å². The Labute approximate surface area is 124 Å². The van der Waals surface area contributed by atoms with Gasteiger partial charge in [0.25, 0.3) is 5.91 Å². The zero-order chi connectivity index (χ0) is 14.9. The number of nitrogens with zero attached hydrogens (tertiary/aromatic N) is 1. The Morgan fingerprint density at radius 1 is 1.45 bits per heavy atom. The zero-order valence-electron chi connectivity index (χ0n) is 11.0. The lowest BCUT2D eigenvalue weighted by Gasteiger charge is -2.37. The molecule has 4 nitrogen and oxygen atoms in total. The molecule has 1 aliphatic rings. The molecule has 0 radical (unpaired) electrons. The minimum absolute atomic E-state index is 0.0251. The predicted molar refractivity (Wildman–Crippen MR) is 75.0 cm³/mol. The third kappa shape index (κ3) is 2.85. The molecule has 0 saturated carbocycles. The summed E-state index contributed by atoms with van der Waals surface area (Å²) in [4.78, 5) is 25.0. The quantitative estimate of drug-likeness (QED) is 0.898. The molecule has 1 amide bonds. The first kappa shape index (κ1) is 15.0. The molecule has 1 saturated heterocycles. The van der Waals surface area contributed by atoms with E-state index in [1.54, 1.807) is 13.0 Å². The highest BCUT2D eigenvalue weighted by atomic mass is 79.9. The van der Waals surface area contributed by atoms with Gasteiger partial charge in [-0.25, -0.2) is 4.39 Å². The largest absolute Gasteiger partial charge is 0.481 e. The van der Waals surface area contributed by atoms with E-state index in [1.165, 1.54) is 17.0 Å². The molecule has 20 heavy (non-hydrogen) atoms. The van der Waals surface area contributed by atoms with Gasteiger partial charge in [-0.15, -0.1) is 0 Å². The van der Waals surface area contributed by atoms with Gasteiger partial charge in [0.05, 0.1) is 11.0 Å². The van der Waals surface area contributed by atoms with Gasteiger partial charge in [0.1, 0.15) is 5.82 Å². The third-order valence-electron chi connectivity index (χ3n) is 3.66. The molecule has 0 spiro atoms. The molecule has 0 aromatic heterocycles. The van der Waals surface area contributed by atoms with Crippen molar-refractivity contribution in [2.45, 2.75) is 19.8 Å². The monoisotopic (exact) mass is 343 g/mol. The fourth-order valence-corrected chi connectivity index (χ4v) is 2.75. The van der Waals surface area contributed by atoms with Crippen LogP contribution in [0.4, 0.5) is 4.39 Å². The van der Waals surface area contributed by atoms with E-state index in [-0.39, 0.29) is 12.1 Å². The second-order valence-electron chi connectivity index (χ2n) is 5.32. The van der Waals surface area contributed by atoms with Crippen molar-refractivity contribution in [3.63, 3.8) is 0 Å². The molecule has 6 heteroatoms. The molecule has 2 rings (SSSR count). The number of hydrogen-bond donors (Lipinski definition) is 1. The lowest BCUT2D eigenvalue weighted by molar-refractivity contribution is -0.150. The molecule has 1 heterocycles. The maximum Gasteiger partial charge on any atom is 0.311 e. The van der Waals surface area contributed by atoms with Crippen LogP contribution in [0.25, 0.3) is 0 Å². The summed E-state index contributed by atoms with van der Waals surface area (Å²) < 4.78 is 14.4. The van der Waals surface area contributed by atoms with Crippen molar-refractivity contribution >= 4 is 27.8 Å². The second kappa shape index (κ2) is 5.52. The summed E-state index contributed by atoms with van der Waals surface area (Å²) in [6.45, 7) is 2.18. The van der Waals surface area contributed by atoms with Crippen molar-refractivity contribution in [2.75, 3.05) is 13.1 Å². The molecule has 0 bridgehead atoms. The Morgan fingerprint density at radius 2 is 2.15 bits per heavy atom. The first-order valence-corrected chi connectivity index (χ1v) is 7.10. The van der Waals surface area contributed by atoms with Gasteiger partial charge < -0.3 is 10.0 Å². The molecule has 1 aromatic rings. The molecule has 0 aliphatic carbocycles. The smallest absolute Gasteiger partial charge is 0.311 e. The first-order valence-electron chi connectivity index (χ1n) is 6.31. The molecule has 1 N–H and O–H groups in total. The summed E-state index contributed by atoms with van der Waals surface area (Å²) in [5, 5.41) is 9.24. The number of carbonyl (C=O) groups is 2. The maximum absolute atomic E-state index is 13.8. The van der Waals surface area contributed by atoms with E-state index in [0.29, 0.717) is 23.9 Å². The number of carboxylic acids is 1. The third-order valence-corrected chi connectivity index (χ3v) is 4.15. The summed E-state index contributed by atoms with van der Waals surface area (Å²) in [6.07, 6.45) is 1.13. The molecule has 1 aliphatic heterocycles. The Hall–Kier alpha value is -1.43. The van der Waals surface area contributed by atoms with Crippen molar-refractivity contribution in [2.24, 2.45) is 5.41 Å². The van der Waals surface area contributed by atoms with Crippen LogP contribution in [0, 0.1) is 11.2 Å². The lowest BCUT2D eigenvalue weighted by atomic mass is 9.82. The Bertz CT molecular complexity index is 563. The van der Waals surface area contributed by atoms with E-state index in [0.717, 1.165) is 0 Å². The van der Waals surface area contributed by atoms with Gasteiger partial charge in [-0.3, -0.25) is 9.59 Å². The molecule has 1 unspecified atom stereocenters. The highest BCUT2D eigenvalue weighted by Gasteiger charge is 2.39. The molecular formula is C14H15BrFNO3. The topological polar surface area (TPSA) is 57.6 Å². The van der Waals surface area contributed by atoms with Crippen molar-refractivity contribution in [3.05, 3.63) is 34.1 Å². The highest BCUT2D eigenvalue weighted by molar-refractivity contribution is 9.10. The van der Waals surface area contributed by atoms with Gasteiger partial charge in [0.2, 0.25) is 0 Å². The number of aliphatic carboxylic acids is 1. The normalized spacial score (nSPS) is 22.6. The number of amides is 1. The predicted octanol–water partition coefficient (Wildman–Crippen LogP) is 2.92. The SMILES string of the molecule is CC1(C(=O)O)CCCN(C(=O)c2ccc(Br)cc2F)C1. The fraction of sp³-hybridized carbons (Fsp3) is 0.429. The van der Waals surface area contributed by atoms with Crippen LogP contribution >= 0.6 is 15.9 Å². The number of rotatable bonds is 2. The molecule has 1 fully saturated rings. The number of piperidine rings is 1. The summed E-state index contributed by atoms with van der Waals surface area (Å²) in [5.74, 6) is -1.99. The van der Waals surface area contributed by atoms with Gasteiger partial charge in [0, 0.05) is 17.6 Å². The molecule has 1 atom stereocenters. The summed E-state index contributed by atoms with van der Waals surface area (Å²) in [7, 11) is 0. The zero-order valence-corrected chi connectivity index (χ0v) is 12.6. The fourth-order valence-electron chi connectivity index (χ4n) is 2.42. The lowest BCUT2D eigenvalue weighted by Crippen LogP contribution is -2.48. The first-order chi connectivity index (χ1) is 9.33. The van der Waals surface area contributed by atoms with E-state index in [9.17, 15) is 19.1 Å². The number of benzene rings is 1. The minimum atomic E-state index is -0.959. The Kier molecular flexibility index (Phi) is 4.13. The van der Waals surface area contributed by atoms with Crippen LogP contribution in [-0.2, 0) is 4.79 Å². The van der Waals surface area contributed by atoms with E-state index >= 15 is 0 Å². The van der Waals surface area contributed by atoms with E-state index in [2.05, 4.69) is 15.9 Å². The van der Waals surface area contributed by atoms with Crippen LogP contribution in [-0.4, -0.2) is 35.0 Å². The van der Waals surface area contributed by atoms with Crippen LogP contribution in [0.3, 0.4) is 0 Å². The average molecular weight is 344 g/mol. The highest BCUT2D eigenvalue weighted by Crippen LogP contribution is 2.30. The average Bonchev–Trinajstić information content (AvgIpc) is 2.38. The van der Waals surface area contributed by atoms with Gasteiger partial charge in [-0.2, -0.15) is 0 Å². The van der Waals surface area contributed by atoms with Crippen molar-refractivity contribution < 1.29 is 19.1 Å². The molecular weight excluding hydrogens is 329 g/mol. The van der Waals surface area contributed by atoms with Gasteiger partial charge in [0.15, 0.2) is 0 Å². The number of hydrogen-bond acceptors (Lipinski definition) is 2. The van der Waals surface area contributed by atoms with Crippen LogP contribution in [0.15, 0.2) is 22.7 Å². The molecule has 1 aromatic carbocycles.